The van der Waals surface area contributed by atoms with Crippen LogP contribution in [0.4, 0.5) is 5.13 Å². The zero-order valence-corrected chi connectivity index (χ0v) is 13.2. The molecule has 6 nitrogen and oxygen atoms in total. The smallest absolute Gasteiger partial charge is 0.313 e. The van der Waals surface area contributed by atoms with Crippen LogP contribution in [-0.2, 0) is 4.79 Å². The molecule has 0 radical (unpaired) electrons. The lowest BCUT2D eigenvalue weighted by Gasteiger charge is -2.23. The topological polar surface area (TPSA) is 78.3 Å². The Bertz CT molecular complexity index is 435. The number of carboxylic acids is 1. The Morgan fingerprint density at radius 3 is 2.95 bits per heavy atom. The van der Waals surface area contributed by atoms with E-state index in [1.54, 1.807) is 0 Å². The van der Waals surface area contributed by atoms with Gasteiger partial charge >= 0.3 is 5.97 Å². The first kappa shape index (κ1) is 15.5. The summed E-state index contributed by atoms with van der Waals surface area (Å²) < 4.78 is 0.694. The Kier molecular flexibility index (Phi) is 6.06. The highest BCUT2D eigenvalue weighted by atomic mass is 32.2. The third-order valence-electron chi connectivity index (χ3n) is 3.41. The second-order valence-corrected chi connectivity index (χ2v) is 7.10. The Hall–Kier alpha value is -0.860. The van der Waals surface area contributed by atoms with E-state index >= 15 is 0 Å². The standard InChI is InChI=1S/C12H20N4O2S2/c1-16(9-4-2-3-5-9)7-6-13-11-14-15-12(20-11)19-8-10(17)18/h9H,2-8H2,1H3,(H,13,14)(H,17,18). The SMILES string of the molecule is CN(CCNc1nnc(SCC(=O)O)s1)C1CCCC1. The predicted octanol–water partition coefficient (Wildman–Crippen LogP) is 2.00. The van der Waals surface area contributed by atoms with Gasteiger partial charge in [-0.3, -0.25) is 4.79 Å². The largest absolute Gasteiger partial charge is 0.481 e. The number of nitrogens with one attached hydrogen (secondary N) is 1. The zero-order chi connectivity index (χ0) is 14.4. The van der Waals surface area contributed by atoms with E-state index in [-0.39, 0.29) is 5.75 Å². The molecule has 2 rings (SSSR count). The number of thioether (sulfide) groups is 1. The molecule has 20 heavy (non-hydrogen) atoms. The third-order valence-corrected chi connectivity index (χ3v) is 5.41. The number of aromatic nitrogens is 2. The molecule has 1 aromatic rings. The van der Waals surface area contributed by atoms with Crippen molar-refractivity contribution in [3.05, 3.63) is 0 Å². The summed E-state index contributed by atoms with van der Waals surface area (Å²) in [6, 6.07) is 0.730. The van der Waals surface area contributed by atoms with Crippen molar-refractivity contribution in [1.82, 2.24) is 15.1 Å². The van der Waals surface area contributed by atoms with Crippen LogP contribution in [0.15, 0.2) is 4.34 Å². The number of nitrogens with zero attached hydrogens (tertiary/aromatic N) is 3. The van der Waals surface area contributed by atoms with Gasteiger partial charge in [0, 0.05) is 19.1 Å². The molecular weight excluding hydrogens is 296 g/mol. The van der Waals surface area contributed by atoms with Gasteiger partial charge in [-0.2, -0.15) is 0 Å². The first-order valence-corrected chi connectivity index (χ1v) is 8.57. The molecule has 0 aliphatic heterocycles. The van der Waals surface area contributed by atoms with Gasteiger partial charge in [-0.1, -0.05) is 35.9 Å². The molecule has 112 valence electrons. The Morgan fingerprint density at radius 2 is 2.25 bits per heavy atom. The van der Waals surface area contributed by atoms with Crippen LogP contribution in [0.2, 0.25) is 0 Å². The highest BCUT2D eigenvalue weighted by Crippen LogP contribution is 2.25. The maximum Gasteiger partial charge on any atom is 0.313 e. The quantitative estimate of drug-likeness (QED) is 0.710. The van der Waals surface area contributed by atoms with Crippen LogP contribution in [0.3, 0.4) is 0 Å². The number of hydrogen-bond acceptors (Lipinski definition) is 7. The number of carboxylic acid groups (broad SMARTS) is 1. The molecule has 1 aliphatic rings. The van der Waals surface area contributed by atoms with E-state index in [9.17, 15) is 4.79 Å². The summed E-state index contributed by atoms with van der Waals surface area (Å²) in [6.45, 7) is 1.83. The highest BCUT2D eigenvalue weighted by Gasteiger charge is 2.18. The number of hydrogen-bond donors (Lipinski definition) is 2. The molecule has 0 saturated heterocycles. The fraction of sp³-hybridized carbons (Fsp3) is 0.750. The summed E-state index contributed by atoms with van der Waals surface area (Å²) >= 11 is 2.61. The summed E-state index contributed by atoms with van der Waals surface area (Å²) in [4.78, 5) is 12.9. The van der Waals surface area contributed by atoms with Gasteiger partial charge in [0.2, 0.25) is 5.13 Å². The first-order chi connectivity index (χ1) is 9.65. The molecule has 0 bridgehead atoms. The van der Waals surface area contributed by atoms with Gasteiger partial charge < -0.3 is 15.3 Å². The molecule has 0 atom stereocenters. The van der Waals surface area contributed by atoms with Crippen molar-refractivity contribution >= 4 is 34.2 Å². The second kappa shape index (κ2) is 7.80. The zero-order valence-electron chi connectivity index (χ0n) is 11.5. The van der Waals surface area contributed by atoms with Gasteiger partial charge in [0.25, 0.3) is 0 Å². The van der Waals surface area contributed by atoms with E-state index in [0.29, 0.717) is 4.34 Å². The molecule has 1 heterocycles. The van der Waals surface area contributed by atoms with E-state index < -0.39 is 5.97 Å². The number of carbonyl (C=O) groups is 1. The van der Waals surface area contributed by atoms with E-state index in [2.05, 4.69) is 27.5 Å². The predicted molar refractivity (Wildman–Crippen MR) is 81.6 cm³/mol. The van der Waals surface area contributed by atoms with Gasteiger partial charge in [0.1, 0.15) is 0 Å². The molecule has 0 unspecified atom stereocenters. The fourth-order valence-electron chi connectivity index (χ4n) is 2.33. The normalized spacial score (nSPS) is 15.9. The molecule has 1 aromatic heterocycles. The molecule has 1 fully saturated rings. The lowest BCUT2D eigenvalue weighted by atomic mass is 10.2. The molecule has 1 saturated carbocycles. The van der Waals surface area contributed by atoms with E-state index in [1.165, 1.54) is 48.8 Å². The fourth-order valence-corrected chi connectivity index (χ4v) is 3.83. The van der Waals surface area contributed by atoms with Crippen molar-refractivity contribution in [2.75, 3.05) is 31.2 Å². The van der Waals surface area contributed by atoms with E-state index in [4.69, 9.17) is 5.11 Å². The molecule has 0 spiro atoms. The Morgan fingerprint density at radius 1 is 1.50 bits per heavy atom. The lowest BCUT2D eigenvalue weighted by Crippen LogP contribution is -2.33. The van der Waals surface area contributed by atoms with Crippen molar-refractivity contribution in [3.8, 4) is 0 Å². The molecule has 0 amide bonds. The monoisotopic (exact) mass is 316 g/mol. The van der Waals surface area contributed by atoms with Crippen molar-refractivity contribution in [1.29, 1.82) is 0 Å². The molecule has 1 aliphatic carbocycles. The minimum Gasteiger partial charge on any atom is -0.481 e. The maximum absolute atomic E-state index is 10.5. The summed E-state index contributed by atoms with van der Waals surface area (Å²) in [5, 5.41) is 20.6. The molecule has 0 aromatic carbocycles. The van der Waals surface area contributed by atoms with Crippen LogP contribution >= 0.6 is 23.1 Å². The average molecular weight is 316 g/mol. The van der Waals surface area contributed by atoms with Crippen LogP contribution in [0.5, 0.6) is 0 Å². The van der Waals surface area contributed by atoms with Crippen LogP contribution in [0, 0.1) is 0 Å². The number of anilines is 1. The van der Waals surface area contributed by atoms with Crippen molar-refractivity contribution in [3.63, 3.8) is 0 Å². The van der Waals surface area contributed by atoms with Gasteiger partial charge in [-0.05, 0) is 19.9 Å². The van der Waals surface area contributed by atoms with Crippen LogP contribution in [-0.4, -0.2) is 58.1 Å². The maximum atomic E-state index is 10.5. The average Bonchev–Trinajstić information content (AvgIpc) is 3.08. The van der Waals surface area contributed by atoms with Crippen LogP contribution in [0.1, 0.15) is 25.7 Å². The molecule has 2 N–H and O–H groups in total. The minimum absolute atomic E-state index is 0.0268. The summed E-state index contributed by atoms with van der Waals surface area (Å²) in [7, 11) is 2.17. The van der Waals surface area contributed by atoms with Crippen molar-refractivity contribution < 1.29 is 9.90 Å². The number of rotatable bonds is 8. The van der Waals surface area contributed by atoms with E-state index in [0.717, 1.165) is 24.3 Å². The summed E-state index contributed by atoms with van der Waals surface area (Å²) in [5.41, 5.74) is 0. The summed E-state index contributed by atoms with van der Waals surface area (Å²) in [6.07, 6.45) is 5.32. The van der Waals surface area contributed by atoms with Gasteiger partial charge in [0.05, 0.1) is 5.75 Å². The van der Waals surface area contributed by atoms with Gasteiger partial charge in [-0.25, -0.2) is 0 Å². The summed E-state index contributed by atoms with van der Waals surface area (Å²) in [5.74, 6) is -0.808. The van der Waals surface area contributed by atoms with Gasteiger partial charge in [-0.15, -0.1) is 10.2 Å². The van der Waals surface area contributed by atoms with Gasteiger partial charge in [0.15, 0.2) is 4.34 Å². The van der Waals surface area contributed by atoms with Crippen molar-refractivity contribution in [2.24, 2.45) is 0 Å². The molecule has 8 heteroatoms. The first-order valence-electron chi connectivity index (χ1n) is 6.77. The Labute approximate surface area is 127 Å². The van der Waals surface area contributed by atoms with Crippen molar-refractivity contribution in [2.45, 2.75) is 36.1 Å². The minimum atomic E-state index is -0.835. The number of aliphatic carboxylic acids is 1. The highest BCUT2D eigenvalue weighted by molar-refractivity contribution is 8.01. The Balaban J connectivity index is 1.67. The number of likely N-dealkylation sites (N-methyl/N-ethyl adjacent to an activating group) is 1. The van der Waals surface area contributed by atoms with E-state index in [1.807, 2.05) is 0 Å². The van der Waals surface area contributed by atoms with Crippen LogP contribution in [0.25, 0.3) is 0 Å². The third kappa shape index (κ3) is 4.92. The van der Waals surface area contributed by atoms with Crippen LogP contribution < -0.4 is 5.32 Å². The molecular formula is C12H20N4O2S2. The second-order valence-electron chi connectivity index (χ2n) is 4.90. The lowest BCUT2D eigenvalue weighted by molar-refractivity contribution is -0.133.